The third-order valence-corrected chi connectivity index (χ3v) is 7.06. The average Bonchev–Trinajstić information content (AvgIpc) is 2.95. The molecule has 1 N–H and O–H groups in total. The molecule has 2 aliphatic rings. The summed E-state index contributed by atoms with van der Waals surface area (Å²) in [6.45, 7) is 2.91. The van der Waals surface area contributed by atoms with E-state index >= 15 is 0 Å². The number of thioether (sulfide) groups is 1. The van der Waals surface area contributed by atoms with E-state index in [0.717, 1.165) is 9.80 Å². The summed E-state index contributed by atoms with van der Waals surface area (Å²) in [5, 5.41) is 18.1. The van der Waals surface area contributed by atoms with Gasteiger partial charge in [-0.25, -0.2) is 4.39 Å². The van der Waals surface area contributed by atoms with Crippen molar-refractivity contribution in [3.8, 4) is 11.8 Å². The number of amides is 1. The van der Waals surface area contributed by atoms with Crippen LogP contribution in [0.15, 0.2) is 35.2 Å². The molecule has 2 aromatic carbocycles. The smallest absolute Gasteiger partial charge is 0.417 e. The lowest BCUT2D eigenvalue weighted by molar-refractivity contribution is -0.137. The van der Waals surface area contributed by atoms with Gasteiger partial charge in [-0.2, -0.15) is 18.4 Å². The molecule has 4 rings (SSSR count). The minimum atomic E-state index is -4.94. The number of alkyl halides is 3. The number of fused-ring (bicyclic) bond motifs is 1. The number of hydrogen-bond donors (Lipinski definition) is 1. The van der Waals surface area contributed by atoms with Crippen LogP contribution in [0.3, 0.4) is 0 Å². The molecule has 0 unspecified atom stereocenters. The highest BCUT2D eigenvalue weighted by molar-refractivity contribution is 7.99. The third kappa shape index (κ3) is 3.87. The second kappa shape index (κ2) is 8.41. The van der Waals surface area contributed by atoms with Crippen LogP contribution in [-0.2, 0) is 11.0 Å². The lowest BCUT2D eigenvalue weighted by atomic mass is 10.0. The molecule has 34 heavy (non-hydrogen) atoms. The first kappa shape index (κ1) is 24.3. The van der Waals surface area contributed by atoms with Crippen molar-refractivity contribution < 1.29 is 32.2 Å². The minimum Gasteiger partial charge on any atom is -0.486 e. The second-order valence-corrected chi connectivity index (χ2v) is 9.57. The number of halogens is 4. The zero-order valence-electron chi connectivity index (χ0n) is 17.8. The van der Waals surface area contributed by atoms with Crippen molar-refractivity contribution in [2.24, 2.45) is 0 Å². The lowest BCUT2D eigenvalue weighted by Crippen LogP contribution is -2.44. The molecule has 1 fully saturated rings. The monoisotopic (exact) mass is 511 g/mol. The van der Waals surface area contributed by atoms with Crippen LogP contribution in [0.25, 0.3) is 0 Å². The molecular weight excluding hydrogens is 494 g/mol. The summed E-state index contributed by atoms with van der Waals surface area (Å²) in [6.07, 6.45) is -5.29. The predicted molar refractivity (Wildman–Crippen MR) is 121 cm³/mol. The highest BCUT2D eigenvalue weighted by Gasteiger charge is 2.51. The van der Waals surface area contributed by atoms with Crippen LogP contribution in [0.4, 0.5) is 28.9 Å². The first-order valence-corrected chi connectivity index (χ1v) is 11.3. The fourth-order valence-corrected chi connectivity index (χ4v) is 5.35. The maximum atomic E-state index is 14.8. The summed E-state index contributed by atoms with van der Waals surface area (Å²) in [5.41, 5.74) is -3.82. The molecule has 1 saturated heterocycles. The van der Waals surface area contributed by atoms with Gasteiger partial charge in [0, 0.05) is 11.4 Å². The summed E-state index contributed by atoms with van der Waals surface area (Å²) < 4.78 is 61.0. The molecule has 0 aromatic heterocycles. The number of hydrogen-bond acceptors (Lipinski definition) is 6. The predicted octanol–water partition coefficient (Wildman–Crippen LogP) is 4.48. The van der Waals surface area contributed by atoms with Crippen LogP contribution in [0.2, 0.25) is 0 Å². The molecular formula is C22H17F4N3O3S2. The van der Waals surface area contributed by atoms with E-state index in [1.807, 2.05) is 0 Å². The zero-order valence-corrected chi connectivity index (χ0v) is 19.4. The number of thiocarbonyl (C=S) groups is 1. The largest absolute Gasteiger partial charge is 0.486 e. The van der Waals surface area contributed by atoms with Crippen molar-refractivity contribution in [1.29, 1.82) is 5.26 Å². The maximum Gasteiger partial charge on any atom is 0.417 e. The van der Waals surface area contributed by atoms with Gasteiger partial charge in [-0.3, -0.25) is 9.69 Å². The molecule has 2 aliphatic heterocycles. The molecule has 1 atom stereocenters. The molecule has 6 nitrogen and oxygen atoms in total. The normalized spacial score (nSPS) is 19.6. The Bertz CT molecular complexity index is 1240. The quantitative estimate of drug-likeness (QED) is 0.481. The standard InChI is InChI=1S/C22H17F4N3O3S2/c1-21(2)19(31)28(16-7-14(22(24,25)26)11(8-27)5-15(16)23)20(33)29(21)12-3-4-17-18(6-12)34-10-13(9-30)32-17/h3-7,13,30H,9-10H2,1-2H3/t13-/m1/s1. The molecule has 1 amide bonds. The number of carbonyl (C=O) groups is 1. The highest BCUT2D eigenvalue weighted by atomic mass is 32.2. The molecule has 2 heterocycles. The van der Waals surface area contributed by atoms with Gasteiger partial charge in [-0.15, -0.1) is 11.8 Å². The van der Waals surface area contributed by atoms with Crippen molar-refractivity contribution in [2.75, 3.05) is 22.2 Å². The fourth-order valence-electron chi connectivity index (χ4n) is 3.83. The van der Waals surface area contributed by atoms with E-state index in [1.165, 1.54) is 36.6 Å². The molecule has 12 heteroatoms. The van der Waals surface area contributed by atoms with Gasteiger partial charge in [0.05, 0.1) is 34.4 Å². The number of aliphatic hydroxyl groups excluding tert-OH is 1. The van der Waals surface area contributed by atoms with Gasteiger partial charge in [0.15, 0.2) is 5.11 Å². The maximum absolute atomic E-state index is 14.8. The van der Waals surface area contributed by atoms with Gasteiger partial charge in [0.2, 0.25) is 0 Å². The molecule has 0 spiro atoms. The summed E-state index contributed by atoms with van der Waals surface area (Å²) in [4.78, 5) is 16.2. The molecule has 2 aromatic rings. The number of ether oxygens (including phenoxy) is 1. The Hall–Kier alpha value is -2.88. The first-order chi connectivity index (χ1) is 15.9. The van der Waals surface area contributed by atoms with Gasteiger partial charge < -0.3 is 14.7 Å². The van der Waals surface area contributed by atoms with Gasteiger partial charge in [0.1, 0.15) is 23.2 Å². The minimum absolute atomic E-state index is 0.142. The van der Waals surface area contributed by atoms with E-state index in [9.17, 15) is 27.5 Å². The Morgan fingerprint density at radius 3 is 2.65 bits per heavy atom. The molecule has 0 radical (unpaired) electrons. The number of anilines is 2. The first-order valence-electron chi connectivity index (χ1n) is 9.94. The Kier molecular flexibility index (Phi) is 6.00. The average molecular weight is 512 g/mol. The second-order valence-electron chi connectivity index (χ2n) is 8.14. The van der Waals surface area contributed by atoms with Gasteiger partial charge >= 0.3 is 6.18 Å². The van der Waals surface area contributed by atoms with E-state index in [-0.39, 0.29) is 17.8 Å². The number of nitriles is 1. The van der Waals surface area contributed by atoms with Crippen LogP contribution in [0, 0.1) is 17.1 Å². The summed E-state index contributed by atoms with van der Waals surface area (Å²) in [6, 6.07) is 7.21. The van der Waals surface area contributed by atoms with Crippen molar-refractivity contribution >= 4 is 46.4 Å². The van der Waals surface area contributed by atoms with Gasteiger partial charge in [-0.05, 0) is 56.4 Å². The van der Waals surface area contributed by atoms with Crippen molar-refractivity contribution in [2.45, 2.75) is 36.6 Å². The number of carbonyl (C=O) groups excluding carboxylic acids is 1. The Morgan fingerprint density at radius 2 is 2.03 bits per heavy atom. The molecule has 0 bridgehead atoms. The van der Waals surface area contributed by atoms with E-state index in [2.05, 4.69) is 0 Å². The molecule has 0 saturated carbocycles. The lowest BCUT2D eigenvalue weighted by Gasteiger charge is -2.31. The van der Waals surface area contributed by atoms with Crippen molar-refractivity contribution in [3.63, 3.8) is 0 Å². The number of aliphatic hydroxyl groups is 1. The summed E-state index contributed by atoms with van der Waals surface area (Å²) >= 11 is 6.88. The van der Waals surface area contributed by atoms with Gasteiger partial charge in [-0.1, -0.05) is 0 Å². The highest BCUT2D eigenvalue weighted by Crippen LogP contribution is 2.43. The van der Waals surface area contributed by atoms with E-state index in [0.29, 0.717) is 29.3 Å². The fraction of sp³-hybridized carbons (Fsp3) is 0.318. The van der Waals surface area contributed by atoms with Crippen LogP contribution in [-0.4, -0.2) is 40.1 Å². The Balaban J connectivity index is 1.78. The van der Waals surface area contributed by atoms with Crippen LogP contribution < -0.4 is 14.5 Å². The van der Waals surface area contributed by atoms with Gasteiger partial charge in [0.25, 0.3) is 5.91 Å². The summed E-state index contributed by atoms with van der Waals surface area (Å²) in [5.74, 6) is -0.862. The third-order valence-electron chi connectivity index (χ3n) is 5.53. The Labute approximate surface area is 201 Å². The van der Waals surface area contributed by atoms with E-state index in [1.54, 1.807) is 18.2 Å². The molecule has 0 aliphatic carbocycles. The Morgan fingerprint density at radius 1 is 1.32 bits per heavy atom. The van der Waals surface area contributed by atoms with Crippen LogP contribution in [0.5, 0.6) is 5.75 Å². The van der Waals surface area contributed by atoms with Crippen LogP contribution >= 0.6 is 24.0 Å². The topological polar surface area (TPSA) is 76.8 Å². The van der Waals surface area contributed by atoms with E-state index < -0.39 is 40.3 Å². The van der Waals surface area contributed by atoms with E-state index in [4.69, 9.17) is 22.2 Å². The number of rotatable bonds is 3. The number of benzene rings is 2. The van der Waals surface area contributed by atoms with Crippen molar-refractivity contribution in [3.05, 3.63) is 47.3 Å². The zero-order chi connectivity index (χ0) is 25.0. The SMILES string of the molecule is CC1(C)C(=O)N(c2cc(C(F)(F)F)c(C#N)cc2F)C(=S)N1c1ccc2c(c1)SC[C@@H](CO)O2. The summed E-state index contributed by atoms with van der Waals surface area (Å²) in [7, 11) is 0. The van der Waals surface area contributed by atoms with Crippen molar-refractivity contribution in [1.82, 2.24) is 0 Å². The number of nitrogens with zero attached hydrogens (tertiary/aromatic N) is 3. The molecule has 178 valence electrons. The van der Waals surface area contributed by atoms with Crippen LogP contribution in [0.1, 0.15) is 25.0 Å².